The van der Waals surface area contributed by atoms with Crippen LogP contribution in [0.2, 0.25) is 0 Å². The quantitative estimate of drug-likeness (QED) is 0.487. The predicted octanol–water partition coefficient (Wildman–Crippen LogP) is 4.49. The van der Waals surface area contributed by atoms with Crippen molar-refractivity contribution in [1.82, 2.24) is 0 Å². The smallest absolute Gasteiger partial charge is 0.251 e. The Morgan fingerprint density at radius 2 is 1.70 bits per heavy atom. The highest BCUT2D eigenvalue weighted by atomic mass is 16.1. The Balaban J connectivity index is 0.00000172. The summed E-state index contributed by atoms with van der Waals surface area (Å²) in [5.41, 5.74) is 3.98. The van der Waals surface area contributed by atoms with E-state index in [4.69, 9.17) is 0 Å². The molecule has 0 aliphatic rings. The van der Waals surface area contributed by atoms with Crippen LogP contribution in [0.4, 0.5) is 5.69 Å². The van der Waals surface area contributed by atoms with Gasteiger partial charge in [-0.1, -0.05) is 42.3 Å². The number of hydrogen-bond donors (Lipinski definition) is 1. The number of rotatable bonds is 4. The van der Waals surface area contributed by atoms with E-state index >= 15 is 0 Å². The highest BCUT2D eigenvalue weighted by molar-refractivity contribution is 6.03. The zero-order valence-electron chi connectivity index (χ0n) is 12.7. The Morgan fingerprint density at radius 1 is 1.15 bits per heavy atom. The van der Waals surface area contributed by atoms with Gasteiger partial charge in [-0.3, -0.25) is 4.79 Å². The van der Waals surface area contributed by atoms with Crippen molar-refractivity contribution in [3.63, 3.8) is 0 Å². The predicted molar refractivity (Wildman–Crippen MR) is 87.5 cm³/mol. The summed E-state index contributed by atoms with van der Waals surface area (Å²) in [4.78, 5) is 11.9. The van der Waals surface area contributed by atoms with Gasteiger partial charge in [0, 0.05) is 11.3 Å². The molecule has 1 amide bonds. The standard InChI is InChI=1S/C16H21NO.C2H2/c1-5-12(2)6-9-14(4)16(18)17-15-10-7-13(3)8-11-15;1-2/h6-11H,5H2,1-4H3,(H,17,18);1-2H/b12-6+,14-9+;. The Kier molecular flexibility index (Phi) is 8.54. The van der Waals surface area contributed by atoms with E-state index in [1.165, 1.54) is 11.1 Å². The van der Waals surface area contributed by atoms with Crippen LogP contribution in [-0.4, -0.2) is 5.91 Å². The van der Waals surface area contributed by atoms with Gasteiger partial charge in [0.1, 0.15) is 0 Å². The molecule has 1 rings (SSSR count). The van der Waals surface area contributed by atoms with Crippen molar-refractivity contribution in [2.45, 2.75) is 34.1 Å². The number of aryl methyl sites for hydroxylation is 1. The molecule has 0 saturated heterocycles. The zero-order valence-corrected chi connectivity index (χ0v) is 12.7. The SMILES string of the molecule is C#C.CC/C(C)=C/C=C(\C)C(=O)Nc1ccc(C)cc1. The number of nitrogens with one attached hydrogen (secondary N) is 1. The number of amides is 1. The number of allylic oxidation sites excluding steroid dienone is 3. The maximum absolute atomic E-state index is 11.9. The fourth-order valence-corrected chi connectivity index (χ4v) is 1.33. The minimum Gasteiger partial charge on any atom is -0.322 e. The van der Waals surface area contributed by atoms with Crippen LogP contribution in [0.25, 0.3) is 0 Å². The normalized spacial score (nSPS) is 11.3. The molecule has 0 fully saturated rings. The fourth-order valence-electron chi connectivity index (χ4n) is 1.33. The van der Waals surface area contributed by atoms with Gasteiger partial charge in [0.25, 0.3) is 5.91 Å². The van der Waals surface area contributed by atoms with Crippen LogP contribution in [0, 0.1) is 19.8 Å². The molecule has 0 heterocycles. The summed E-state index contributed by atoms with van der Waals surface area (Å²) < 4.78 is 0. The maximum Gasteiger partial charge on any atom is 0.251 e. The van der Waals surface area contributed by atoms with Gasteiger partial charge in [0.2, 0.25) is 0 Å². The summed E-state index contributed by atoms with van der Waals surface area (Å²) in [5.74, 6) is -0.0565. The number of anilines is 1. The molecule has 1 aromatic carbocycles. The molecular formula is C18H23NO. The van der Waals surface area contributed by atoms with E-state index < -0.39 is 0 Å². The van der Waals surface area contributed by atoms with Crippen LogP contribution in [0.5, 0.6) is 0 Å². The number of terminal acetylenes is 1. The lowest BCUT2D eigenvalue weighted by Crippen LogP contribution is -2.12. The largest absolute Gasteiger partial charge is 0.322 e. The summed E-state index contributed by atoms with van der Waals surface area (Å²) in [6, 6.07) is 7.78. The molecule has 1 aromatic rings. The summed E-state index contributed by atoms with van der Waals surface area (Å²) in [5, 5.41) is 2.87. The Bertz CT molecular complexity index is 504. The third-order valence-electron chi connectivity index (χ3n) is 2.84. The van der Waals surface area contributed by atoms with Crippen LogP contribution in [-0.2, 0) is 4.79 Å². The Labute approximate surface area is 122 Å². The molecule has 0 aliphatic heterocycles. The number of hydrogen-bond acceptors (Lipinski definition) is 1. The third-order valence-corrected chi connectivity index (χ3v) is 2.84. The lowest BCUT2D eigenvalue weighted by molar-refractivity contribution is -0.112. The van der Waals surface area contributed by atoms with Gasteiger partial charge >= 0.3 is 0 Å². The van der Waals surface area contributed by atoms with Gasteiger partial charge in [0.15, 0.2) is 0 Å². The summed E-state index contributed by atoms with van der Waals surface area (Å²) in [7, 11) is 0. The minimum atomic E-state index is -0.0565. The topological polar surface area (TPSA) is 29.1 Å². The molecule has 0 aromatic heterocycles. The highest BCUT2D eigenvalue weighted by Crippen LogP contribution is 2.10. The first-order valence-electron chi connectivity index (χ1n) is 6.58. The van der Waals surface area contributed by atoms with E-state index in [-0.39, 0.29) is 5.91 Å². The summed E-state index contributed by atoms with van der Waals surface area (Å²) >= 11 is 0. The first-order chi connectivity index (χ1) is 9.52. The van der Waals surface area contributed by atoms with Crippen LogP contribution in [0.3, 0.4) is 0 Å². The van der Waals surface area contributed by atoms with Crippen molar-refractivity contribution in [3.05, 3.63) is 53.1 Å². The van der Waals surface area contributed by atoms with Gasteiger partial charge in [-0.05, 0) is 39.3 Å². The van der Waals surface area contributed by atoms with Crippen LogP contribution < -0.4 is 5.32 Å². The second-order valence-electron chi connectivity index (χ2n) is 4.54. The Hall–Kier alpha value is -2.27. The van der Waals surface area contributed by atoms with Gasteiger partial charge in [-0.2, -0.15) is 0 Å². The van der Waals surface area contributed by atoms with Crippen molar-refractivity contribution in [2.24, 2.45) is 0 Å². The van der Waals surface area contributed by atoms with E-state index in [9.17, 15) is 4.79 Å². The number of carbonyl (C=O) groups excluding carboxylic acids is 1. The molecule has 2 heteroatoms. The fraction of sp³-hybridized carbons (Fsp3) is 0.278. The van der Waals surface area contributed by atoms with Crippen LogP contribution in [0.15, 0.2) is 47.6 Å². The van der Waals surface area contributed by atoms with Crippen molar-refractivity contribution in [1.29, 1.82) is 0 Å². The van der Waals surface area contributed by atoms with E-state index in [0.29, 0.717) is 5.57 Å². The van der Waals surface area contributed by atoms with E-state index in [1.807, 2.05) is 50.3 Å². The first kappa shape index (κ1) is 17.7. The first-order valence-corrected chi connectivity index (χ1v) is 6.58. The molecule has 0 spiro atoms. The monoisotopic (exact) mass is 269 g/mol. The molecule has 2 nitrogen and oxygen atoms in total. The molecule has 0 radical (unpaired) electrons. The van der Waals surface area contributed by atoms with Crippen molar-refractivity contribution in [3.8, 4) is 12.8 Å². The second-order valence-corrected chi connectivity index (χ2v) is 4.54. The van der Waals surface area contributed by atoms with E-state index in [2.05, 4.69) is 32.0 Å². The van der Waals surface area contributed by atoms with Crippen LogP contribution >= 0.6 is 0 Å². The maximum atomic E-state index is 11.9. The molecular weight excluding hydrogens is 246 g/mol. The van der Waals surface area contributed by atoms with Gasteiger partial charge in [-0.15, -0.1) is 12.8 Å². The molecule has 0 unspecified atom stereocenters. The molecule has 0 saturated carbocycles. The van der Waals surface area contributed by atoms with Gasteiger partial charge in [-0.25, -0.2) is 0 Å². The number of carbonyl (C=O) groups is 1. The lowest BCUT2D eigenvalue weighted by atomic mass is 10.1. The zero-order chi connectivity index (χ0) is 15.5. The lowest BCUT2D eigenvalue weighted by Gasteiger charge is -2.05. The second kappa shape index (κ2) is 9.63. The molecule has 20 heavy (non-hydrogen) atoms. The van der Waals surface area contributed by atoms with E-state index in [1.54, 1.807) is 0 Å². The molecule has 106 valence electrons. The average Bonchev–Trinajstić information content (AvgIpc) is 2.48. The molecule has 0 aliphatic carbocycles. The third kappa shape index (κ3) is 6.61. The molecule has 0 bridgehead atoms. The van der Waals surface area contributed by atoms with Crippen molar-refractivity contribution in [2.75, 3.05) is 5.32 Å². The van der Waals surface area contributed by atoms with E-state index in [0.717, 1.165) is 12.1 Å². The summed E-state index contributed by atoms with van der Waals surface area (Å²) in [6.07, 6.45) is 12.9. The molecule has 0 atom stereocenters. The van der Waals surface area contributed by atoms with Crippen molar-refractivity contribution < 1.29 is 4.79 Å². The Morgan fingerprint density at radius 3 is 2.20 bits per heavy atom. The average molecular weight is 269 g/mol. The van der Waals surface area contributed by atoms with Crippen molar-refractivity contribution >= 4 is 11.6 Å². The van der Waals surface area contributed by atoms with Gasteiger partial charge < -0.3 is 5.32 Å². The summed E-state index contributed by atoms with van der Waals surface area (Å²) in [6.45, 7) is 8.00. The highest BCUT2D eigenvalue weighted by Gasteiger charge is 2.03. The minimum absolute atomic E-state index is 0.0565. The molecule has 1 N–H and O–H groups in total. The van der Waals surface area contributed by atoms with Gasteiger partial charge in [0.05, 0.1) is 0 Å². The number of benzene rings is 1. The van der Waals surface area contributed by atoms with Crippen LogP contribution in [0.1, 0.15) is 32.8 Å².